The molecule has 2 rings (SSSR count). The van der Waals surface area contributed by atoms with Crippen LogP contribution < -0.4 is 4.52 Å². The van der Waals surface area contributed by atoms with E-state index in [4.69, 9.17) is 4.89 Å². The molecule has 1 N–H and O–H groups in total. The van der Waals surface area contributed by atoms with Crippen LogP contribution in [0.25, 0.3) is 0 Å². The Kier molecular flexibility index (Phi) is 6.87. The van der Waals surface area contributed by atoms with Crippen molar-refractivity contribution in [3.63, 3.8) is 0 Å². The number of alkyl halides is 2. The highest BCUT2D eigenvalue weighted by Gasteiger charge is 2.34. The van der Waals surface area contributed by atoms with Crippen molar-refractivity contribution in [2.24, 2.45) is 0 Å². The number of hydrogen-bond donors (Lipinski definition) is 1. The van der Waals surface area contributed by atoms with Gasteiger partial charge in [-0.3, -0.25) is 0 Å². The minimum atomic E-state index is -4.96. The lowest BCUT2D eigenvalue weighted by Gasteiger charge is -2.14. The fourth-order valence-corrected chi connectivity index (χ4v) is 3.96. The van der Waals surface area contributed by atoms with Gasteiger partial charge in [0, 0.05) is 11.5 Å². The highest BCUT2D eigenvalue weighted by Crippen LogP contribution is 2.50. The molecule has 2 aromatic carbocycles. The van der Waals surface area contributed by atoms with E-state index in [0.717, 1.165) is 17.1 Å². The molecule has 24 heavy (non-hydrogen) atoms. The summed E-state index contributed by atoms with van der Waals surface area (Å²) >= 11 is 4.89. The maximum atomic E-state index is 12.4. The Morgan fingerprint density at radius 3 is 2.33 bits per heavy atom. The summed E-state index contributed by atoms with van der Waals surface area (Å²) in [6.07, 6.45) is -3.44. The van der Waals surface area contributed by atoms with Gasteiger partial charge < -0.3 is 9.42 Å². The van der Waals surface area contributed by atoms with Gasteiger partial charge in [-0.25, -0.2) is 4.57 Å². The molecular weight excluding hydrogens is 421 g/mol. The van der Waals surface area contributed by atoms with Gasteiger partial charge in [-0.05, 0) is 46.1 Å². The van der Waals surface area contributed by atoms with Crippen molar-refractivity contribution in [1.29, 1.82) is 0 Å². The summed E-state index contributed by atoms with van der Waals surface area (Å²) in [5.41, 5.74) is 3.40. The molecular formula is C16H16BrF2O3PS. The monoisotopic (exact) mass is 436 g/mol. The summed E-state index contributed by atoms with van der Waals surface area (Å²) < 4.78 is 40.9. The van der Waals surface area contributed by atoms with E-state index in [1.165, 1.54) is 17.2 Å². The minimum Gasteiger partial charge on any atom is -0.420 e. The van der Waals surface area contributed by atoms with Crippen molar-refractivity contribution < 1.29 is 22.8 Å². The predicted molar refractivity (Wildman–Crippen MR) is 96.8 cm³/mol. The molecule has 1 atom stereocenters. The number of halogens is 3. The second kappa shape index (κ2) is 8.48. The van der Waals surface area contributed by atoms with Crippen LogP contribution in [-0.4, -0.2) is 11.1 Å². The van der Waals surface area contributed by atoms with E-state index in [1.54, 1.807) is 23.9 Å². The van der Waals surface area contributed by atoms with Crippen LogP contribution in [0.5, 0.6) is 5.75 Å². The van der Waals surface area contributed by atoms with E-state index in [-0.39, 0.29) is 5.75 Å². The van der Waals surface area contributed by atoms with E-state index >= 15 is 0 Å². The molecule has 0 amide bonds. The molecule has 0 heterocycles. The van der Waals surface area contributed by atoms with Crippen molar-refractivity contribution in [3.05, 3.63) is 63.6 Å². The lowest BCUT2D eigenvalue weighted by Crippen LogP contribution is -2.01. The molecule has 0 bridgehead atoms. The summed E-state index contributed by atoms with van der Waals surface area (Å²) in [4.78, 5) is 9.08. The van der Waals surface area contributed by atoms with E-state index in [0.29, 0.717) is 4.47 Å². The first-order chi connectivity index (χ1) is 11.3. The third-order valence-electron chi connectivity index (χ3n) is 3.13. The smallest absolute Gasteiger partial charge is 0.420 e. The van der Waals surface area contributed by atoms with Crippen LogP contribution in [0.3, 0.4) is 0 Å². The van der Waals surface area contributed by atoms with Crippen molar-refractivity contribution in [2.45, 2.75) is 24.6 Å². The van der Waals surface area contributed by atoms with Crippen molar-refractivity contribution in [1.82, 2.24) is 0 Å². The van der Waals surface area contributed by atoms with Gasteiger partial charge in [-0.15, -0.1) is 0 Å². The predicted octanol–water partition coefficient (Wildman–Crippen LogP) is 5.98. The molecule has 0 fully saturated rings. The zero-order chi connectivity index (χ0) is 17.7. The molecule has 3 nitrogen and oxygen atoms in total. The van der Waals surface area contributed by atoms with Crippen LogP contribution in [0.4, 0.5) is 8.78 Å². The van der Waals surface area contributed by atoms with Crippen LogP contribution >= 0.6 is 35.3 Å². The Labute approximate surface area is 152 Å². The molecule has 0 aromatic heterocycles. The van der Waals surface area contributed by atoms with E-state index in [2.05, 4.69) is 44.7 Å². The van der Waals surface area contributed by atoms with Gasteiger partial charge >= 0.3 is 13.8 Å². The molecule has 0 saturated carbocycles. The molecule has 0 aliphatic carbocycles. The third kappa shape index (κ3) is 5.59. The normalized spacial score (nSPS) is 13.8. The highest BCUT2D eigenvalue weighted by molar-refractivity contribution is 9.10. The zero-order valence-corrected chi connectivity index (χ0v) is 16.1. The molecule has 0 radical (unpaired) electrons. The first-order valence-corrected chi connectivity index (χ1v) is 10.6. The van der Waals surface area contributed by atoms with Gasteiger partial charge in [0.1, 0.15) is 5.75 Å². The SMILES string of the molecule is Cc1ccc(CSCc2ccc(OP(=O)(O)C(F)F)c(Br)c2)cc1. The molecule has 130 valence electrons. The second-order valence-corrected chi connectivity index (χ2v) is 8.72. The fraction of sp³-hybridized carbons (Fsp3) is 0.250. The van der Waals surface area contributed by atoms with Gasteiger partial charge in [-0.2, -0.15) is 20.5 Å². The Morgan fingerprint density at radius 2 is 1.75 bits per heavy atom. The van der Waals surface area contributed by atoms with Crippen molar-refractivity contribution in [2.75, 3.05) is 0 Å². The molecule has 0 saturated heterocycles. The standard InChI is InChI=1S/C16H16BrF2O3PS/c1-11-2-4-12(5-3-11)9-24-10-13-6-7-15(14(17)8-13)22-23(20,21)16(18)19/h2-8,16H,9-10H2,1H3,(H,20,21). The maximum absolute atomic E-state index is 12.4. The third-order valence-corrected chi connectivity index (χ3v) is 5.78. The summed E-state index contributed by atoms with van der Waals surface area (Å²) in [6.45, 7) is 2.04. The summed E-state index contributed by atoms with van der Waals surface area (Å²) in [5.74, 6) is 1.50. The quantitative estimate of drug-likeness (QED) is 0.542. The van der Waals surface area contributed by atoms with Crippen LogP contribution in [0.2, 0.25) is 0 Å². The zero-order valence-electron chi connectivity index (χ0n) is 12.8. The molecule has 8 heteroatoms. The molecule has 0 aliphatic rings. The fourth-order valence-electron chi connectivity index (χ4n) is 1.86. The Morgan fingerprint density at radius 1 is 1.17 bits per heavy atom. The Bertz CT molecular complexity index is 741. The van der Waals surface area contributed by atoms with Crippen LogP contribution in [-0.2, 0) is 16.1 Å². The largest absolute Gasteiger partial charge is 0.442 e. The highest BCUT2D eigenvalue weighted by atomic mass is 79.9. The number of thioether (sulfide) groups is 1. The van der Waals surface area contributed by atoms with E-state index < -0.39 is 13.8 Å². The Hall–Kier alpha value is -0.880. The topological polar surface area (TPSA) is 46.5 Å². The molecule has 2 aromatic rings. The second-order valence-electron chi connectivity index (χ2n) is 5.18. The maximum Gasteiger partial charge on any atom is 0.442 e. The lowest BCUT2D eigenvalue weighted by molar-refractivity contribution is 0.188. The molecule has 0 spiro atoms. The summed E-state index contributed by atoms with van der Waals surface area (Å²) in [5, 5.41) is 0. The summed E-state index contributed by atoms with van der Waals surface area (Å²) in [7, 11) is -4.96. The Balaban J connectivity index is 1.94. The van der Waals surface area contributed by atoms with Crippen LogP contribution in [0.1, 0.15) is 16.7 Å². The number of aryl methyl sites for hydroxylation is 1. The number of benzene rings is 2. The first-order valence-electron chi connectivity index (χ1n) is 7.00. The first kappa shape index (κ1) is 19.4. The van der Waals surface area contributed by atoms with Gasteiger partial charge in [0.2, 0.25) is 0 Å². The lowest BCUT2D eigenvalue weighted by atomic mass is 10.2. The van der Waals surface area contributed by atoms with E-state index in [1.807, 2.05) is 6.92 Å². The van der Waals surface area contributed by atoms with Gasteiger partial charge in [-0.1, -0.05) is 35.9 Å². The average Bonchev–Trinajstić information content (AvgIpc) is 2.51. The van der Waals surface area contributed by atoms with Gasteiger partial charge in [0.25, 0.3) is 0 Å². The summed E-state index contributed by atoms with van der Waals surface area (Å²) in [6, 6.07) is 13.1. The molecule has 0 aliphatic heterocycles. The van der Waals surface area contributed by atoms with E-state index in [9.17, 15) is 13.3 Å². The van der Waals surface area contributed by atoms with Gasteiger partial charge in [0.15, 0.2) is 0 Å². The van der Waals surface area contributed by atoms with Crippen molar-refractivity contribution in [3.8, 4) is 5.75 Å². The van der Waals surface area contributed by atoms with Crippen molar-refractivity contribution >= 4 is 35.3 Å². The number of hydrogen-bond acceptors (Lipinski definition) is 3. The van der Waals surface area contributed by atoms with Crippen LogP contribution in [0.15, 0.2) is 46.9 Å². The minimum absolute atomic E-state index is 0.0755. The van der Waals surface area contributed by atoms with Gasteiger partial charge in [0.05, 0.1) is 4.47 Å². The van der Waals surface area contributed by atoms with Crippen LogP contribution in [0, 0.1) is 6.92 Å². The molecule has 1 unspecified atom stereocenters. The number of rotatable bonds is 7. The average molecular weight is 437 g/mol.